The fourth-order valence-electron chi connectivity index (χ4n) is 2.17. The van der Waals surface area contributed by atoms with E-state index in [1.807, 2.05) is 31.2 Å². The molecule has 1 amide bonds. The minimum atomic E-state index is -0.248. The van der Waals surface area contributed by atoms with Gasteiger partial charge in [0.05, 0.1) is 10.6 Å². The number of thioether (sulfide) groups is 1. The molecule has 1 heterocycles. The van der Waals surface area contributed by atoms with Crippen LogP contribution in [0.4, 0.5) is 5.69 Å². The van der Waals surface area contributed by atoms with E-state index in [4.69, 9.17) is 5.41 Å². The van der Waals surface area contributed by atoms with Crippen molar-refractivity contribution < 1.29 is 9.90 Å². The van der Waals surface area contributed by atoms with Gasteiger partial charge in [0.2, 0.25) is 0 Å². The number of phenols is 1. The molecule has 5 heteroatoms. The summed E-state index contributed by atoms with van der Waals surface area (Å²) in [5.74, 6) is -0.133. The lowest BCUT2D eigenvalue weighted by Gasteiger charge is -2.14. The third-order valence-corrected chi connectivity index (χ3v) is 4.23. The van der Waals surface area contributed by atoms with Crippen molar-refractivity contribution in [3.63, 3.8) is 0 Å². The molecule has 1 aliphatic heterocycles. The van der Waals surface area contributed by atoms with Gasteiger partial charge in [-0.1, -0.05) is 35.9 Å². The zero-order valence-electron chi connectivity index (χ0n) is 11.9. The number of aryl methyl sites for hydroxylation is 1. The third-order valence-electron chi connectivity index (χ3n) is 3.34. The maximum atomic E-state index is 12.5. The van der Waals surface area contributed by atoms with Crippen LogP contribution in [0.2, 0.25) is 0 Å². The number of nitrogens with one attached hydrogen (secondary N) is 1. The second-order valence-electron chi connectivity index (χ2n) is 4.95. The zero-order valence-corrected chi connectivity index (χ0v) is 12.7. The predicted octanol–water partition coefficient (Wildman–Crippen LogP) is 3.76. The SMILES string of the molecule is Cc1ccc(N2C(=N)S/C(=C\c3ccccc3O)C2=O)cc1. The van der Waals surface area contributed by atoms with Crippen molar-refractivity contribution in [1.82, 2.24) is 0 Å². The molecule has 1 saturated heterocycles. The first-order valence-corrected chi connectivity index (χ1v) is 7.55. The van der Waals surface area contributed by atoms with E-state index in [1.54, 1.807) is 30.3 Å². The normalized spacial score (nSPS) is 16.6. The summed E-state index contributed by atoms with van der Waals surface area (Å²) in [5.41, 5.74) is 2.34. The number of carbonyl (C=O) groups excluding carboxylic acids is 1. The van der Waals surface area contributed by atoms with E-state index in [1.165, 1.54) is 4.90 Å². The molecule has 0 aromatic heterocycles. The Hall–Kier alpha value is -2.53. The Bertz CT molecular complexity index is 782. The number of carbonyl (C=O) groups is 1. The molecule has 2 aromatic rings. The molecule has 110 valence electrons. The van der Waals surface area contributed by atoms with Crippen LogP contribution < -0.4 is 4.90 Å². The largest absolute Gasteiger partial charge is 0.507 e. The summed E-state index contributed by atoms with van der Waals surface area (Å²) in [6, 6.07) is 14.3. The molecular weight excluding hydrogens is 296 g/mol. The molecule has 0 unspecified atom stereocenters. The third kappa shape index (κ3) is 2.63. The highest BCUT2D eigenvalue weighted by atomic mass is 32.2. The van der Waals surface area contributed by atoms with Crippen LogP contribution in [-0.2, 0) is 4.79 Å². The lowest BCUT2D eigenvalue weighted by molar-refractivity contribution is -0.113. The van der Waals surface area contributed by atoms with E-state index in [-0.39, 0.29) is 16.8 Å². The molecule has 4 nitrogen and oxygen atoms in total. The van der Waals surface area contributed by atoms with Crippen molar-refractivity contribution in [2.24, 2.45) is 0 Å². The van der Waals surface area contributed by atoms with Gasteiger partial charge in [0.1, 0.15) is 5.75 Å². The highest BCUT2D eigenvalue weighted by Crippen LogP contribution is 2.36. The van der Waals surface area contributed by atoms with Gasteiger partial charge in [-0.05, 0) is 43.0 Å². The van der Waals surface area contributed by atoms with Gasteiger partial charge in [-0.15, -0.1) is 0 Å². The highest BCUT2D eigenvalue weighted by molar-refractivity contribution is 8.19. The molecular formula is C17H14N2O2S. The van der Waals surface area contributed by atoms with Gasteiger partial charge < -0.3 is 5.11 Å². The summed E-state index contributed by atoms with van der Waals surface area (Å²) in [6.45, 7) is 1.97. The first-order valence-electron chi connectivity index (χ1n) is 6.73. The maximum Gasteiger partial charge on any atom is 0.271 e. The number of amidine groups is 1. The molecule has 0 saturated carbocycles. The van der Waals surface area contributed by atoms with Crippen molar-refractivity contribution in [2.75, 3.05) is 4.90 Å². The minimum Gasteiger partial charge on any atom is -0.507 e. The number of hydrogen-bond donors (Lipinski definition) is 2. The molecule has 2 aromatic carbocycles. The van der Waals surface area contributed by atoms with Crippen LogP contribution in [0.3, 0.4) is 0 Å². The molecule has 0 spiro atoms. The summed E-state index contributed by atoms with van der Waals surface area (Å²) >= 11 is 1.09. The van der Waals surface area contributed by atoms with Crippen LogP contribution in [0.5, 0.6) is 5.75 Å². The molecule has 2 N–H and O–H groups in total. The lowest BCUT2D eigenvalue weighted by Crippen LogP contribution is -2.28. The zero-order chi connectivity index (χ0) is 15.7. The first kappa shape index (κ1) is 14.4. The monoisotopic (exact) mass is 310 g/mol. The van der Waals surface area contributed by atoms with Gasteiger partial charge in [-0.3, -0.25) is 15.1 Å². The topological polar surface area (TPSA) is 64.4 Å². The molecule has 0 atom stereocenters. The van der Waals surface area contributed by atoms with Gasteiger partial charge in [0.25, 0.3) is 5.91 Å². The maximum absolute atomic E-state index is 12.5. The van der Waals surface area contributed by atoms with Crippen molar-refractivity contribution in [3.05, 3.63) is 64.6 Å². The van der Waals surface area contributed by atoms with Crippen LogP contribution in [0.1, 0.15) is 11.1 Å². The van der Waals surface area contributed by atoms with Gasteiger partial charge in [-0.25, -0.2) is 0 Å². The Morgan fingerprint density at radius 1 is 1.14 bits per heavy atom. The van der Waals surface area contributed by atoms with Crippen molar-refractivity contribution in [1.29, 1.82) is 5.41 Å². The number of para-hydroxylation sites is 1. The van der Waals surface area contributed by atoms with Gasteiger partial charge in [-0.2, -0.15) is 0 Å². The van der Waals surface area contributed by atoms with Crippen LogP contribution in [0.15, 0.2) is 53.4 Å². The van der Waals surface area contributed by atoms with E-state index in [9.17, 15) is 9.90 Å². The fourth-order valence-corrected chi connectivity index (χ4v) is 3.02. The Balaban J connectivity index is 1.95. The molecule has 1 fully saturated rings. The molecule has 22 heavy (non-hydrogen) atoms. The van der Waals surface area contributed by atoms with Crippen LogP contribution in [0.25, 0.3) is 6.08 Å². The van der Waals surface area contributed by atoms with E-state index in [0.29, 0.717) is 16.2 Å². The Morgan fingerprint density at radius 3 is 2.50 bits per heavy atom. The lowest BCUT2D eigenvalue weighted by atomic mass is 10.2. The molecule has 0 aliphatic carbocycles. The number of benzene rings is 2. The van der Waals surface area contributed by atoms with Crippen molar-refractivity contribution >= 4 is 34.6 Å². The van der Waals surface area contributed by atoms with Crippen molar-refractivity contribution in [3.8, 4) is 5.75 Å². The highest BCUT2D eigenvalue weighted by Gasteiger charge is 2.33. The van der Waals surface area contributed by atoms with Crippen LogP contribution >= 0.6 is 11.8 Å². The van der Waals surface area contributed by atoms with Gasteiger partial charge in [0.15, 0.2) is 5.17 Å². The van der Waals surface area contributed by atoms with Crippen molar-refractivity contribution in [2.45, 2.75) is 6.92 Å². The smallest absolute Gasteiger partial charge is 0.271 e. The fraction of sp³-hybridized carbons (Fsp3) is 0.0588. The Labute approximate surface area is 132 Å². The second-order valence-corrected chi connectivity index (χ2v) is 5.98. The van der Waals surface area contributed by atoms with Crippen LogP contribution in [-0.4, -0.2) is 16.2 Å². The van der Waals surface area contributed by atoms with Gasteiger partial charge >= 0.3 is 0 Å². The Kier molecular flexibility index (Phi) is 3.73. The Morgan fingerprint density at radius 2 is 1.82 bits per heavy atom. The number of phenolic OH excluding ortho intramolecular Hbond substituents is 1. The number of aromatic hydroxyl groups is 1. The average molecular weight is 310 g/mol. The number of rotatable bonds is 2. The van der Waals surface area contributed by atoms with E-state index < -0.39 is 0 Å². The summed E-state index contributed by atoms with van der Waals surface area (Å²) in [4.78, 5) is 14.3. The second kappa shape index (κ2) is 5.69. The standard InChI is InChI=1S/C17H14N2O2S/c1-11-6-8-13(9-7-11)19-16(21)15(22-17(19)18)10-12-4-2-3-5-14(12)20/h2-10,18,20H,1H3/b15-10-,18-17?. The number of amides is 1. The number of anilines is 1. The average Bonchev–Trinajstić information content (AvgIpc) is 2.77. The molecule has 0 bridgehead atoms. The molecule has 0 radical (unpaired) electrons. The summed E-state index contributed by atoms with van der Waals surface area (Å²) in [7, 11) is 0. The molecule has 1 aliphatic rings. The predicted molar refractivity (Wildman–Crippen MR) is 90.1 cm³/mol. The van der Waals surface area contributed by atoms with Gasteiger partial charge in [0, 0.05) is 5.56 Å². The van der Waals surface area contributed by atoms with Crippen LogP contribution in [0, 0.1) is 12.3 Å². The number of nitrogens with zero attached hydrogens (tertiary/aromatic N) is 1. The van der Waals surface area contributed by atoms with E-state index in [0.717, 1.165) is 17.3 Å². The summed E-state index contributed by atoms with van der Waals surface area (Å²) in [6.07, 6.45) is 1.62. The minimum absolute atomic E-state index is 0.115. The first-order chi connectivity index (χ1) is 10.6. The summed E-state index contributed by atoms with van der Waals surface area (Å²) in [5, 5.41) is 18.0. The van der Waals surface area contributed by atoms with E-state index >= 15 is 0 Å². The van der Waals surface area contributed by atoms with E-state index in [2.05, 4.69) is 0 Å². The quantitative estimate of drug-likeness (QED) is 0.830. The summed E-state index contributed by atoms with van der Waals surface area (Å²) < 4.78 is 0. The number of hydrogen-bond acceptors (Lipinski definition) is 4. The molecule has 3 rings (SSSR count).